The SMILES string of the molecule is C=CC(C)(O)C#C/C=C(/C)CO. The number of hydrogen-bond donors (Lipinski definition) is 2. The fraction of sp³-hybridized carbons (Fsp3) is 0.400. The molecule has 0 aliphatic rings. The molecule has 0 heterocycles. The van der Waals surface area contributed by atoms with Crippen molar-refractivity contribution in [1.82, 2.24) is 0 Å². The molecule has 0 saturated heterocycles. The standard InChI is InChI=1S/C10H14O2/c1-4-10(3,12)7-5-6-9(2)8-11/h4,6,11-12H,1,8H2,2-3H3/b9-6-. The highest BCUT2D eigenvalue weighted by Gasteiger charge is 2.08. The van der Waals surface area contributed by atoms with Crippen LogP contribution < -0.4 is 0 Å². The second-order valence-corrected chi connectivity index (χ2v) is 2.77. The Hall–Kier alpha value is -1.04. The van der Waals surface area contributed by atoms with Gasteiger partial charge in [0.1, 0.15) is 5.60 Å². The van der Waals surface area contributed by atoms with Crippen LogP contribution in [0, 0.1) is 11.8 Å². The lowest BCUT2D eigenvalue weighted by atomic mass is 10.1. The summed E-state index contributed by atoms with van der Waals surface area (Å²) in [5, 5.41) is 17.9. The molecule has 0 saturated carbocycles. The average molecular weight is 166 g/mol. The summed E-state index contributed by atoms with van der Waals surface area (Å²) < 4.78 is 0. The highest BCUT2D eigenvalue weighted by molar-refractivity contribution is 5.27. The van der Waals surface area contributed by atoms with Gasteiger partial charge in [0.2, 0.25) is 0 Å². The van der Waals surface area contributed by atoms with Crippen molar-refractivity contribution in [3.63, 3.8) is 0 Å². The van der Waals surface area contributed by atoms with E-state index in [0.29, 0.717) is 0 Å². The van der Waals surface area contributed by atoms with Gasteiger partial charge in [-0.2, -0.15) is 0 Å². The predicted molar refractivity (Wildman–Crippen MR) is 49.4 cm³/mol. The van der Waals surface area contributed by atoms with Crippen LogP contribution in [0.5, 0.6) is 0 Å². The van der Waals surface area contributed by atoms with E-state index in [1.165, 1.54) is 6.08 Å². The van der Waals surface area contributed by atoms with Crippen LogP contribution in [0.15, 0.2) is 24.3 Å². The molecule has 0 aliphatic carbocycles. The first-order valence-corrected chi connectivity index (χ1v) is 3.67. The van der Waals surface area contributed by atoms with Crippen molar-refractivity contribution in [2.24, 2.45) is 0 Å². The maximum Gasteiger partial charge on any atom is 0.141 e. The Morgan fingerprint density at radius 1 is 1.67 bits per heavy atom. The molecule has 0 fully saturated rings. The predicted octanol–water partition coefficient (Wildman–Crippen LogP) is 0.865. The summed E-state index contributed by atoms with van der Waals surface area (Å²) in [7, 11) is 0. The summed E-state index contributed by atoms with van der Waals surface area (Å²) in [6, 6.07) is 0. The molecule has 0 aromatic rings. The van der Waals surface area contributed by atoms with Gasteiger partial charge in [0.25, 0.3) is 0 Å². The number of aliphatic hydroxyl groups excluding tert-OH is 1. The maximum atomic E-state index is 9.33. The highest BCUT2D eigenvalue weighted by atomic mass is 16.3. The zero-order valence-corrected chi connectivity index (χ0v) is 7.46. The highest BCUT2D eigenvalue weighted by Crippen LogP contribution is 2.00. The van der Waals surface area contributed by atoms with Crippen LogP contribution in [0.25, 0.3) is 0 Å². The number of aliphatic hydroxyl groups is 2. The molecule has 2 nitrogen and oxygen atoms in total. The van der Waals surface area contributed by atoms with Gasteiger partial charge < -0.3 is 10.2 Å². The van der Waals surface area contributed by atoms with Crippen molar-refractivity contribution in [2.75, 3.05) is 6.61 Å². The second-order valence-electron chi connectivity index (χ2n) is 2.77. The van der Waals surface area contributed by atoms with E-state index in [4.69, 9.17) is 5.11 Å². The molecule has 1 atom stereocenters. The van der Waals surface area contributed by atoms with Crippen LogP contribution in [-0.4, -0.2) is 22.4 Å². The second kappa shape index (κ2) is 4.76. The molecule has 0 amide bonds. The van der Waals surface area contributed by atoms with E-state index in [9.17, 15) is 5.11 Å². The molecule has 1 unspecified atom stereocenters. The van der Waals surface area contributed by atoms with Gasteiger partial charge in [0.15, 0.2) is 0 Å². The van der Waals surface area contributed by atoms with Crippen molar-refractivity contribution in [1.29, 1.82) is 0 Å². The quantitative estimate of drug-likeness (QED) is 0.472. The van der Waals surface area contributed by atoms with E-state index in [1.54, 1.807) is 19.9 Å². The first kappa shape index (κ1) is 11.0. The largest absolute Gasteiger partial charge is 0.392 e. The molecule has 0 aromatic carbocycles. The zero-order valence-electron chi connectivity index (χ0n) is 7.46. The van der Waals surface area contributed by atoms with Crippen molar-refractivity contribution in [3.8, 4) is 11.8 Å². The van der Waals surface area contributed by atoms with E-state index in [1.807, 2.05) is 0 Å². The minimum absolute atomic E-state index is 0.00902. The van der Waals surface area contributed by atoms with Crippen LogP contribution in [0.3, 0.4) is 0 Å². The summed E-state index contributed by atoms with van der Waals surface area (Å²) in [6.45, 7) is 6.73. The van der Waals surface area contributed by atoms with E-state index in [-0.39, 0.29) is 6.61 Å². The zero-order chi connectivity index (χ0) is 9.61. The van der Waals surface area contributed by atoms with Crippen LogP contribution >= 0.6 is 0 Å². The number of rotatable bonds is 2. The van der Waals surface area contributed by atoms with Gasteiger partial charge in [-0.05, 0) is 31.6 Å². The smallest absolute Gasteiger partial charge is 0.141 e. The Kier molecular flexibility index (Phi) is 4.35. The summed E-state index contributed by atoms with van der Waals surface area (Å²) in [5.74, 6) is 5.21. The summed E-state index contributed by atoms with van der Waals surface area (Å²) in [6.07, 6.45) is 2.93. The third kappa shape index (κ3) is 4.73. The van der Waals surface area contributed by atoms with E-state index < -0.39 is 5.60 Å². The molecule has 2 N–H and O–H groups in total. The molecule has 0 radical (unpaired) electrons. The van der Waals surface area contributed by atoms with Gasteiger partial charge in [-0.3, -0.25) is 0 Å². The van der Waals surface area contributed by atoms with E-state index >= 15 is 0 Å². The lowest BCUT2D eigenvalue weighted by Gasteiger charge is -2.07. The summed E-state index contributed by atoms with van der Waals surface area (Å²) >= 11 is 0. The van der Waals surface area contributed by atoms with Gasteiger partial charge in [-0.1, -0.05) is 18.4 Å². The summed E-state index contributed by atoms with van der Waals surface area (Å²) in [5.41, 5.74) is -0.381. The van der Waals surface area contributed by atoms with Crippen molar-refractivity contribution in [3.05, 3.63) is 24.3 Å². The average Bonchev–Trinajstić information content (AvgIpc) is 2.04. The lowest BCUT2D eigenvalue weighted by Crippen LogP contribution is -2.16. The topological polar surface area (TPSA) is 40.5 Å². The van der Waals surface area contributed by atoms with Gasteiger partial charge >= 0.3 is 0 Å². The Morgan fingerprint density at radius 3 is 2.67 bits per heavy atom. The molecule has 0 spiro atoms. The first-order valence-electron chi connectivity index (χ1n) is 3.67. The van der Waals surface area contributed by atoms with E-state index in [0.717, 1.165) is 5.57 Å². The van der Waals surface area contributed by atoms with Gasteiger partial charge in [0.05, 0.1) is 6.61 Å². The molecule has 2 heteroatoms. The molecule has 66 valence electrons. The third-order valence-electron chi connectivity index (χ3n) is 1.29. The Bertz CT molecular complexity index is 238. The van der Waals surface area contributed by atoms with Gasteiger partial charge in [-0.25, -0.2) is 0 Å². The van der Waals surface area contributed by atoms with Gasteiger partial charge in [-0.15, -0.1) is 0 Å². The Morgan fingerprint density at radius 2 is 2.25 bits per heavy atom. The normalized spacial score (nSPS) is 15.8. The van der Waals surface area contributed by atoms with Crippen LogP contribution in [0.2, 0.25) is 0 Å². The Balaban J connectivity index is 4.32. The molecule has 12 heavy (non-hydrogen) atoms. The van der Waals surface area contributed by atoms with Crippen molar-refractivity contribution < 1.29 is 10.2 Å². The minimum Gasteiger partial charge on any atom is -0.392 e. The van der Waals surface area contributed by atoms with Crippen LogP contribution in [-0.2, 0) is 0 Å². The van der Waals surface area contributed by atoms with Crippen LogP contribution in [0.4, 0.5) is 0 Å². The molecule has 0 bridgehead atoms. The number of allylic oxidation sites excluding steroid dienone is 1. The van der Waals surface area contributed by atoms with Gasteiger partial charge in [0, 0.05) is 0 Å². The molecular weight excluding hydrogens is 152 g/mol. The van der Waals surface area contributed by atoms with E-state index in [2.05, 4.69) is 18.4 Å². The number of hydrogen-bond acceptors (Lipinski definition) is 2. The Labute approximate surface area is 73.2 Å². The van der Waals surface area contributed by atoms with Crippen LogP contribution in [0.1, 0.15) is 13.8 Å². The molecule has 0 rings (SSSR count). The fourth-order valence-electron chi connectivity index (χ4n) is 0.402. The summed E-state index contributed by atoms with van der Waals surface area (Å²) in [4.78, 5) is 0. The third-order valence-corrected chi connectivity index (χ3v) is 1.29. The molecule has 0 aliphatic heterocycles. The molecular formula is C10H14O2. The monoisotopic (exact) mass is 166 g/mol. The maximum absolute atomic E-state index is 9.33. The molecule has 0 aromatic heterocycles. The minimum atomic E-state index is -1.15. The lowest BCUT2D eigenvalue weighted by molar-refractivity contribution is 0.175. The first-order chi connectivity index (χ1) is 5.52. The van der Waals surface area contributed by atoms with Crippen molar-refractivity contribution >= 4 is 0 Å². The fourth-order valence-corrected chi connectivity index (χ4v) is 0.402. The van der Waals surface area contributed by atoms with Crippen molar-refractivity contribution in [2.45, 2.75) is 19.4 Å².